The fraction of sp³-hybridized carbons (Fsp3) is 0. The van der Waals surface area contributed by atoms with E-state index in [1.807, 2.05) is 0 Å². The number of carbonyl (C=O) groups excluding carboxylic acids is 1. The molecule has 0 atom stereocenters. The lowest BCUT2D eigenvalue weighted by molar-refractivity contribution is 0.0692. The van der Waals surface area contributed by atoms with Gasteiger partial charge in [0.05, 0.1) is 16.9 Å². The zero-order valence-electron chi connectivity index (χ0n) is 10.8. The monoisotopic (exact) mass is 283 g/mol. The molecule has 1 amide bonds. The molecule has 0 bridgehead atoms. The van der Waals surface area contributed by atoms with Gasteiger partial charge in [-0.15, -0.1) is 0 Å². The lowest BCUT2D eigenvalue weighted by Gasteiger charge is -2.17. The van der Waals surface area contributed by atoms with Crippen molar-refractivity contribution in [1.82, 2.24) is 0 Å². The number of carbonyl (C=O) groups is 2. The molecule has 2 aromatic rings. The topological polar surface area (TPSA) is 57.6 Å². The van der Waals surface area contributed by atoms with E-state index in [1.165, 1.54) is 11.0 Å². The molecule has 0 spiro atoms. The molecule has 0 unspecified atom stereocenters. The van der Waals surface area contributed by atoms with Crippen molar-refractivity contribution in [2.24, 2.45) is 0 Å². The van der Waals surface area contributed by atoms with Crippen LogP contribution >= 0.6 is 0 Å². The van der Waals surface area contributed by atoms with E-state index in [-0.39, 0.29) is 11.6 Å². The number of anilines is 1. The summed E-state index contributed by atoms with van der Waals surface area (Å²) in [4.78, 5) is 24.5. The molecule has 1 heterocycles. The molecule has 3 rings (SSSR count). The maximum atomic E-state index is 13.8. The molecule has 104 valence electrons. The second kappa shape index (κ2) is 4.56. The van der Waals surface area contributed by atoms with E-state index in [1.54, 1.807) is 24.3 Å². The number of rotatable bonds is 2. The third-order valence-corrected chi connectivity index (χ3v) is 3.38. The Kier molecular flexibility index (Phi) is 2.83. The number of benzene rings is 2. The Balaban J connectivity index is 2.07. The highest BCUT2D eigenvalue weighted by molar-refractivity contribution is 6.22. The van der Waals surface area contributed by atoms with Gasteiger partial charge in [0.1, 0.15) is 5.82 Å². The van der Waals surface area contributed by atoms with E-state index >= 15 is 0 Å². The Labute approximate surface area is 119 Å². The first-order valence-corrected chi connectivity index (χ1v) is 6.16. The van der Waals surface area contributed by atoms with Gasteiger partial charge in [-0.05, 0) is 24.3 Å². The number of fused-ring (bicyclic) bond motifs is 1. The predicted octanol–water partition coefficient (Wildman–Crippen LogP) is 3.16. The molecule has 0 aliphatic carbocycles. The summed E-state index contributed by atoms with van der Waals surface area (Å²) >= 11 is 0. The van der Waals surface area contributed by atoms with Gasteiger partial charge in [-0.2, -0.15) is 0 Å². The Morgan fingerprint density at radius 2 is 1.81 bits per heavy atom. The molecule has 1 aliphatic heterocycles. The molecular formula is C16H10FNO3. The van der Waals surface area contributed by atoms with Crippen molar-refractivity contribution in [3.05, 3.63) is 71.6 Å². The van der Waals surface area contributed by atoms with Crippen molar-refractivity contribution >= 4 is 23.3 Å². The standard InChI is InChI=1S/C16H10FNO3/c1-9-11-4-2-3-5-12(11)15(19)18(9)10-6-7-13(16(20)21)14(17)8-10/h2-8H,1H2,(H,20,21). The smallest absolute Gasteiger partial charge is 0.338 e. The first kappa shape index (κ1) is 13.1. The summed E-state index contributed by atoms with van der Waals surface area (Å²) in [5.41, 5.74) is 1.44. The Morgan fingerprint density at radius 1 is 1.14 bits per heavy atom. The van der Waals surface area contributed by atoms with E-state index in [4.69, 9.17) is 5.11 Å². The number of nitrogens with zero attached hydrogens (tertiary/aromatic N) is 1. The number of hydrogen-bond acceptors (Lipinski definition) is 2. The lowest BCUT2D eigenvalue weighted by atomic mass is 10.1. The highest BCUT2D eigenvalue weighted by Crippen LogP contribution is 2.35. The lowest BCUT2D eigenvalue weighted by Crippen LogP contribution is -2.22. The van der Waals surface area contributed by atoms with E-state index < -0.39 is 17.3 Å². The SMILES string of the molecule is C=C1c2ccccc2C(=O)N1c1ccc(C(=O)O)c(F)c1. The molecule has 0 aromatic heterocycles. The van der Waals surface area contributed by atoms with Crippen LogP contribution in [0.5, 0.6) is 0 Å². The molecule has 0 fully saturated rings. The van der Waals surface area contributed by atoms with E-state index in [9.17, 15) is 14.0 Å². The second-order valence-corrected chi connectivity index (χ2v) is 4.60. The Hall–Kier alpha value is -2.95. The minimum Gasteiger partial charge on any atom is -0.478 e. The maximum Gasteiger partial charge on any atom is 0.338 e. The summed E-state index contributed by atoms with van der Waals surface area (Å²) < 4.78 is 13.8. The highest BCUT2D eigenvalue weighted by Gasteiger charge is 2.32. The van der Waals surface area contributed by atoms with Gasteiger partial charge in [0, 0.05) is 11.1 Å². The fourth-order valence-electron chi connectivity index (χ4n) is 2.37. The highest BCUT2D eigenvalue weighted by atomic mass is 19.1. The Bertz CT molecular complexity index is 763. The van der Waals surface area contributed by atoms with Crippen LogP contribution in [0.25, 0.3) is 5.70 Å². The van der Waals surface area contributed by atoms with Crippen molar-refractivity contribution in [3.63, 3.8) is 0 Å². The van der Waals surface area contributed by atoms with Crippen molar-refractivity contribution < 1.29 is 19.1 Å². The number of carboxylic acid groups (broad SMARTS) is 1. The normalized spacial score (nSPS) is 13.5. The number of halogens is 1. The first-order valence-electron chi connectivity index (χ1n) is 6.16. The first-order chi connectivity index (χ1) is 10.0. The van der Waals surface area contributed by atoms with E-state index in [0.29, 0.717) is 16.8 Å². The molecule has 4 nitrogen and oxygen atoms in total. The summed E-state index contributed by atoms with van der Waals surface area (Å²) in [6.45, 7) is 3.86. The summed E-state index contributed by atoms with van der Waals surface area (Å²) in [5, 5.41) is 8.83. The van der Waals surface area contributed by atoms with Crippen molar-refractivity contribution in [3.8, 4) is 0 Å². The molecular weight excluding hydrogens is 273 g/mol. The molecule has 0 radical (unpaired) electrons. The molecule has 2 aromatic carbocycles. The van der Waals surface area contributed by atoms with Gasteiger partial charge in [-0.1, -0.05) is 24.8 Å². The molecule has 1 aliphatic rings. The molecule has 5 heteroatoms. The molecule has 0 saturated heterocycles. The Morgan fingerprint density at radius 3 is 2.38 bits per heavy atom. The van der Waals surface area contributed by atoms with Gasteiger partial charge >= 0.3 is 5.97 Å². The van der Waals surface area contributed by atoms with Crippen LogP contribution in [0.3, 0.4) is 0 Å². The quantitative estimate of drug-likeness (QED) is 0.921. The second-order valence-electron chi connectivity index (χ2n) is 4.60. The van der Waals surface area contributed by atoms with E-state index in [0.717, 1.165) is 12.1 Å². The van der Waals surface area contributed by atoms with Gasteiger partial charge in [0.15, 0.2) is 0 Å². The molecule has 21 heavy (non-hydrogen) atoms. The maximum absolute atomic E-state index is 13.8. The largest absolute Gasteiger partial charge is 0.478 e. The van der Waals surface area contributed by atoms with Crippen LogP contribution in [-0.2, 0) is 0 Å². The summed E-state index contributed by atoms with van der Waals surface area (Å²) in [5.74, 6) is -2.55. The van der Waals surface area contributed by atoms with Crippen molar-refractivity contribution in [2.75, 3.05) is 4.90 Å². The van der Waals surface area contributed by atoms with Gasteiger partial charge in [0.25, 0.3) is 5.91 Å². The third kappa shape index (κ3) is 1.90. The average Bonchev–Trinajstić information content (AvgIpc) is 2.71. The van der Waals surface area contributed by atoms with Gasteiger partial charge < -0.3 is 5.11 Å². The van der Waals surface area contributed by atoms with Gasteiger partial charge in [0.2, 0.25) is 0 Å². The zero-order chi connectivity index (χ0) is 15.1. The number of amides is 1. The van der Waals surface area contributed by atoms with Gasteiger partial charge in [-0.25, -0.2) is 9.18 Å². The van der Waals surface area contributed by atoms with Crippen molar-refractivity contribution in [1.29, 1.82) is 0 Å². The van der Waals surface area contributed by atoms with Crippen molar-refractivity contribution in [2.45, 2.75) is 0 Å². The average molecular weight is 283 g/mol. The number of hydrogen-bond donors (Lipinski definition) is 1. The minimum atomic E-state index is -1.35. The summed E-state index contributed by atoms with van der Waals surface area (Å²) in [6.07, 6.45) is 0. The molecule has 1 N–H and O–H groups in total. The molecule has 0 saturated carbocycles. The van der Waals surface area contributed by atoms with Crippen LogP contribution in [0.2, 0.25) is 0 Å². The number of aromatic carboxylic acids is 1. The fourth-order valence-corrected chi connectivity index (χ4v) is 2.37. The van der Waals surface area contributed by atoms with Gasteiger partial charge in [-0.3, -0.25) is 9.69 Å². The predicted molar refractivity (Wildman–Crippen MR) is 75.6 cm³/mol. The van der Waals surface area contributed by atoms with Crippen LogP contribution in [-0.4, -0.2) is 17.0 Å². The van der Waals surface area contributed by atoms with Crippen LogP contribution in [0.1, 0.15) is 26.3 Å². The van der Waals surface area contributed by atoms with Crippen LogP contribution in [0, 0.1) is 5.82 Å². The van der Waals surface area contributed by atoms with Crippen LogP contribution in [0.15, 0.2) is 49.0 Å². The van der Waals surface area contributed by atoms with Crippen LogP contribution in [0.4, 0.5) is 10.1 Å². The van der Waals surface area contributed by atoms with E-state index in [2.05, 4.69) is 6.58 Å². The summed E-state index contributed by atoms with van der Waals surface area (Å²) in [7, 11) is 0. The number of carboxylic acids is 1. The summed E-state index contributed by atoms with van der Waals surface area (Å²) in [6, 6.07) is 10.5. The third-order valence-electron chi connectivity index (χ3n) is 3.38. The van der Waals surface area contributed by atoms with Crippen LogP contribution < -0.4 is 4.90 Å². The minimum absolute atomic E-state index is 0.253. The zero-order valence-corrected chi connectivity index (χ0v) is 10.8.